The van der Waals surface area contributed by atoms with Crippen LogP contribution < -0.4 is 10.2 Å². The molecule has 0 aliphatic rings. The van der Waals surface area contributed by atoms with Crippen molar-refractivity contribution in [2.45, 2.75) is 13.1 Å². The molecule has 1 aromatic carbocycles. The Balaban J connectivity index is 1.85. The van der Waals surface area contributed by atoms with Gasteiger partial charge in [0, 0.05) is 39.9 Å². The maximum atomic E-state index is 3.89. The van der Waals surface area contributed by atoms with Crippen LogP contribution in [0.2, 0.25) is 0 Å². The minimum absolute atomic E-state index is 0.777. The molecule has 0 aliphatic carbocycles. The quantitative estimate of drug-likeness (QED) is 0.859. The number of nitrogens with zero attached hydrogens (tertiary/aromatic N) is 4. The zero-order valence-corrected chi connectivity index (χ0v) is 11.1. The number of hydrogen-bond donors (Lipinski definition) is 1. The van der Waals surface area contributed by atoms with Crippen LogP contribution in [0, 0.1) is 0 Å². The van der Waals surface area contributed by atoms with Crippen molar-refractivity contribution in [3.63, 3.8) is 0 Å². The second kappa shape index (κ2) is 5.64. The van der Waals surface area contributed by atoms with Crippen molar-refractivity contribution in [1.82, 2.24) is 20.3 Å². The molecule has 0 amide bonds. The van der Waals surface area contributed by atoms with Crippen LogP contribution in [-0.4, -0.2) is 29.1 Å². The highest BCUT2D eigenvalue weighted by molar-refractivity contribution is 5.45. The summed E-state index contributed by atoms with van der Waals surface area (Å²) in [5.41, 5.74) is 3.57. The van der Waals surface area contributed by atoms with Crippen LogP contribution >= 0.6 is 0 Å². The molecule has 2 aromatic rings. The predicted molar refractivity (Wildman–Crippen MR) is 72.3 cm³/mol. The van der Waals surface area contributed by atoms with Crippen LogP contribution in [0.4, 0.5) is 5.69 Å². The summed E-state index contributed by atoms with van der Waals surface area (Å²) >= 11 is 0. The third-order valence-corrected chi connectivity index (χ3v) is 2.90. The molecule has 5 heteroatoms. The average Bonchev–Trinajstić information content (AvgIpc) is 2.76. The van der Waals surface area contributed by atoms with Crippen LogP contribution in [0.1, 0.15) is 11.3 Å². The number of aryl methyl sites for hydroxylation is 1. The highest BCUT2D eigenvalue weighted by atomic mass is 15.4. The Morgan fingerprint density at radius 3 is 2.44 bits per heavy atom. The van der Waals surface area contributed by atoms with E-state index in [1.807, 2.05) is 21.1 Å². The van der Waals surface area contributed by atoms with Crippen LogP contribution in [0.5, 0.6) is 0 Å². The first-order valence-corrected chi connectivity index (χ1v) is 5.97. The van der Waals surface area contributed by atoms with Gasteiger partial charge in [-0.1, -0.05) is 17.3 Å². The van der Waals surface area contributed by atoms with Gasteiger partial charge in [-0.15, -0.1) is 5.10 Å². The molecule has 1 heterocycles. The van der Waals surface area contributed by atoms with Crippen LogP contribution in [0.15, 0.2) is 30.5 Å². The van der Waals surface area contributed by atoms with Crippen molar-refractivity contribution in [2.24, 2.45) is 7.05 Å². The minimum atomic E-state index is 0.777. The first-order valence-electron chi connectivity index (χ1n) is 5.97. The Labute approximate surface area is 107 Å². The second-order valence-electron chi connectivity index (χ2n) is 4.51. The van der Waals surface area contributed by atoms with E-state index in [0.29, 0.717) is 0 Å². The van der Waals surface area contributed by atoms with Crippen LogP contribution in [0.25, 0.3) is 0 Å². The Morgan fingerprint density at radius 1 is 1.17 bits per heavy atom. The standard InChI is InChI=1S/C13H19N5/c1-17(2)12-6-4-11(5-7-12)8-14-9-13-10-15-16-18(13)3/h4-7,10,14H,8-9H2,1-3H3. The van der Waals surface area contributed by atoms with Crippen molar-refractivity contribution in [2.75, 3.05) is 19.0 Å². The van der Waals surface area contributed by atoms with E-state index in [-0.39, 0.29) is 0 Å². The fourth-order valence-electron chi connectivity index (χ4n) is 1.72. The molecular formula is C13H19N5. The summed E-state index contributed by atoms with van der Waals surface area (Å²) in [6.45, 7) is 1.62. The first kappa shape index (κ1) is 12.6. The third-order valence-electron chi connectivity index (χ3n) is 2.90. The molecule has 0 atom stereocenters. The zero-order valence-electron chi connectivity index (χ0n) is 11.1. The van der Waals surface area contributed by atoms with Crippen molar-refractivity contribution >= 4 is 5.69 Å². The van der Waals surface area contributed by atoms with Gasteiger partial charge in [0.05, 0.1) is 11.9 Å². The lowest BCUT2D eigenvalue weighted by molar-refractivity contribution is 0.617. The van der Waals surface area contributed by atoms with Gasteiger partial charge in [-0.3, -0.25) is 4.68 Å². The monoisotopic (exact) mass is 245 g/mol. The van der Waals surface area contributed by atoms with E-state index in [1.54, 1.807) is 10.9 Å². The number of nitrogens with one attached hydrogen (secondary N) is 1. The molecule has 5 nitrogen and oxygen atoms in total. The molecule has 0 saturated heterocycles. The average molecular weight is 245 g/mol. The van der Waals surface area contributed by atoms with Crippen molar-refractivity contribution in [3.8, 4) is 0 Å². The molecule has 1 aromatic heterocycles. The highest BCUT2D eigenvalue weighted by Gasteiger charge is 2.00. The van der Waals surface area contributed by atoms with Gasteiger partial charge in [0.1, 0.15) is 0 Å². The van der Waals surface area contributed by atoms with Gasteiger partial charge in [-0.25, -0.2) is 0 Å². The molecule has 2 rings (SSSR count). The molecule has 18 heavy (non-hydrogen) atoms. The van der Waals surface area contributed by atoms with Gasteiger partial charge < -0.3 is 10.2 Å². The molecule has 0 fully saturated rings. The summed E-state index contributed by atoms with van der Waals surface area (Å²) in [5, 5.41) is 11.1. The summed E-state index contributed by atoms with van der Waals surface area (Å²) in [7, 11) is 5.99. The number of aromatic nitrogens is 3. The molecule has 1 N–H and O–H groups in total. The van der Waals surface area contributed by atoms with Gasteiger partial charge >= 0.3 is 0 Å². The fourth-order valence-corrected chi connectivity index (χ4v) is 1.72. The summed E-state index contributed by atoms with van der Waals surface area (Å²) < 4.78 is 1.78. The topological polar surface area (TPSA) is 46.0 Å². The van der Waals surface area contributed by atoms with Gasteiger partial charge in [0.25, 0.3) is 0 Å². The van der Waals surface area contributed by atoms with Gasteiger partial charge in [-0.2, -0.15) is 0 Å². The highest BCUT2D eigenvalue weighted by Crippen LogP contribution is 2.12. The van der Waals surface area contributed by atoms with E-state index in [0.717, 1.165) is 18.8 Å². The van der Waals surface area contributed by atoms with E-state index in [2.05, 4.69) is 44.8 Å². The maximum absolute atomic E-state index is 3.89. The third kappa shape index (κ3) is 3.07. The van der Waals surface area contributed by atoms with Gasteiger partial charge in [-0.05, 0) is 17.7 Å². The van der Waals surface area contributed by atoms with Crippen molar-refractivity contribution in [1.29, 1.82) is 0 Å². The number of hydrogen-bond acceptors (Lipinski definition) is 4. The summed E-state index contributed by atoms with van der Waals surface area (Å²) in [6.07, 6.45) is 1.78. The summed E-state index contributed by atoms with van der Waals surface area (Å²) in [5.74, 6) is 0. The maximum Gasteiger partial charge on any atom is 0.0738 e. The number of anilines is 1. The van der Waals surface area contributed by atoms with Crippen LogP contribution in [-0.2, 0) is 20.1 Å². The number of rotatable bonds is 5. The molecule has 96 valence electrons. The van der Waals surface area contributed by atoms with E-state index >= 15 is 0 Å². The van der Waals surface area contributed by atoms with Gasteiger partial charge in [0.15, 0.2) is 0 Å². The Hall–Kier alpha value is -1.88. The van der Waals surface area contributed by atoms with E-state index in [4.69, 9.17) is 0 Å². The van der Waals surface area contributed by atoms with E-state index in [9.17, 15) is 0 Å². The molecule has 0 bridgehead atoms. The fraction of sp³-hybridized carbons (Fsp3) is 0.385. The first-order chi connectivity index (χ1) is 8.66. The predicted octanol–water partition coefficient (Wildman–Crippen LogP) is 1.17. The SMILES string of the molecule is CN(C)c1ccc(CNCc2cnnn2C)cc1. The molecule has 0 radical (unpaired) electrons. The summed E-state index contributed by atoms with van der Waals surface area (Å²) in [4.78, 5) is 2.10. The molecule has 0 saturated carbocycles. The molecule has 0 spiro atoms. The number of benzene rings is 1. The smallest absolute Gasteiger partial charge is 0.0738 e. The zero-order chi connectivity index (χ0) is 13.0. The molecule has 0 aliphatic heterocycles. The lowest BCUT2D eigenvalue weighted by atomic mass is 10.2. The lowest BCUT2D eigenvalue weighted by Crippen LogP contribution is -2.15. The van der Waals surface area contributed by atoms with Crippen LogP contribution in [0.3, 0.4) is 0 Å². The second-order valence-corrected chi connectivity index (χ2v) is 4.51. The lowest BCUT2D eigenvalue weighted by Gasteiger charge is -2.12. The Morgan fingerprint density at radius 2 is 1.89 bits per heavy atom. The van der Waals surface area contributed by atoms with E-state index in [1.165, 1.54) is 11.3 Å². The Kier molecular flexibility index (Phi) is 3.94. The Bertz CT molecular complexity index is 486. The van der Waals surface area contributed by atoms with Crippen molar-refractivity contribution in [3.05, 3.63) is 41.7 Å². The van der Waals surface area contributed by atoms with E-state index < -0.39 is 0 Å². The largest absolute Gasteiger partial charge is 0.378 e. The van der Waals surface area contributed by atoms with Gasteiger partial charge in [0.2, 0.25) is 0 Å². The summed E-state index contributed by atoms with van der Waals surface area (Å²) in [6, 6.07) is 8.54. The normalized spacial score (nSPS) is 10.6. The molecular weight excluding hydrogens is 226 g/mol. The molecule has 0 unspecified atom stereocenters. The van der Waals surface area contributed by atoms with Crippen molar-refractivity contribution < 1.29 is 0 Å². The minimum Gasteiger partial charge on any atom is -0.378 e.